The van der Waals surface area contributed by atoms with Gasteiger partial charge in [-0.2, -0.15) is 18.3 Å². The Morgan fingerprint density at radius 1 is 1.36 bits per heavy atom. The number of aromatic nitrogens is 2. The minimum Gasteiger partial charge on any atom is -0.506 e. The van der Waals surface area contributed by atoms with Crippen LogP contribution < -0.4 is 5.32 Å². The van der Waals surface area contributed by atoms with E-state index in [1.54, 1.807) is 12.1 Å². The minimum atomic E-state index is -4.57. The number of para-hydroxylation sites is 2. The zero-order valence-electron chi connectivity index (χ0n) is 11.8. The van der Waals surface area contributed by atoms with Crippen LogP contribution in [0.4, 0.5) is 18.9 Å². The van der Waals surface area contributed by atoms with Gasteiger partial charge < -0.3 is 10.4 Å². The van der Waals surface area contributed by atoms with Crippen LogP contribution in [-0.2, 0) is 11.0 Å². The predicted octanol–water partition coefficient (Wildman–Crippen LogP) is 3.12. The third-order valence-electron chi connectivity index (χ3n) is 3.12. The highest BCUT2D eigenvalue weighted by Crippen LogP contribution is 2.29. The molecule has 0 saturated carbocycles. The molecule has 22 heavy (non-hydrogen) atoms. The Hall–Kier alpha value is -2.51. The Bertz CT molecular complexity index is 695. The summed E-state index contributed by atoms with van der Waals surface area (Å²) in [6.45, 7) is 2.86. The molecule has 2 aromatic rings. The molecule has 1 unspecified atom stereocenters. The third kappa shape index (κ3) is 3.21. The molecular weight excluding hydrogens is 299 g/mol. The summed E-state index contributed by atoms with van der Waals surface area (Å²) in [4.78, 5) is 12.1. The molecule has 0 saturated heterocycles. The molecule has 8 heteroatoms. The number of rotatable bonds is 3. The van der Waals surface area contributed by atoms with Gasteiger partial charge in [0.05, 0.1) is 5.69 Å². The normalized spacial score (nSPS) is 13.0. The van der Waals surface area contributed by atoms with Crippen molar-refractivity contribution in [3.8, 4) is 5.75 Å². The standard InChI is InChI=1S/C14H14F3N3O2/c1-8-7-12(14(15,16)17)19-20(8)9(2)13(22)18-10-5-3-4-6-11(10)21/h3-7,9,21H,1-2H3,(H,18,22). The summed E-state index contributed by atoms with van der Waals surface area (Å²) in [5.41, 5.74) is -0.653. The van der Waals surface area contributed by atoms with E-state index in [2.05, 4.69) is 10.4 Å². The Labute approximate surface area is 124 Å². The molecule has 0 aliphatic carbocycles. The maximum atomic E-state index is 12.6. The van der Waals surface area contributed by atoms with Crippen LogP contribution in [0.1, 0.15) is 24.4 Å². The fraction of sp³-hybridized carbons (Fsp3) is 0.286. The summed E-state index contributed by atoms with van der Waals surface area (Å²) in [5.74, 6) is -0.711. The van der Waals surface area contributed by atoms with Crippen LogP contribution in [0.2, 0.25) is 0 Å². The summed E-state index contributed by atoms with van der Waals surface area (Å²) in [6.07, 6.45) is -4.57. The number of hydrogen-bond acceptors (Lipinski definition) is 3. The number of carbonyl (C=O) groups excluding carboxylic acids is 1. The van der Waals surface area contributed by atoms with E-state index in [0.29, 0.717) is 0 Å². The van der Waals surface area contributed by atoms with Crippen molar-refractivity contribution in [1.29, 1.82) is 0 Å². The lowest BCUT2D eigenvalue weighted by atomic mass is 10.2. The van der Waals surface area contributed by atoms with E-state index in [-0.39, 0.29) is 17.1 Å². The maximum Gasteiger partial charge on any atom is 0.435 e. The highest BCUT2D eigenvalue weighted by molar-refractivity contribution is 5.94. The Balaban J connectivity index is 2.21. The van der Waals surface area contributed by atoms with E-state index in [0.717, 1.165) is 10.7 Å². The molecule has 1 heterocycles. The zero-order chi connectivity index (χ0) is 16.5. The number of phenols is 1. The van der Waals surface area contributed by atoms with Gasteiger partial charge in [0.15, 0.2) is 5.69 Å². The molecule has 1 aromatic heterocycles. The van der Waals surface area contributed by atoms with Gasteiger partial charge in [0.25, 0.3) is 0 Å². The average Bonchev–Trinajstić information content (AvgIpc) is 2.82. The number of nitrogens with one attached hydrogen (secondary N) is 1. The number of anilines is 1. The number of nitrogens with zero attached hydrogens (tertiary/aromatic N) is 2. The van der Waals surface area contributed by atoms with Gasteiger partial charge in [0.1, 0.15) is 11.8 Å². The number of aryl methyl sites for hydroxylation is 1. The summed E-state index contributed by atoms with van der Waals surface area (Å²) in [5, 5.41) is 15.5. The molecule has 118 valence electrons. The van der Waals surface area contributed by atoms with Crippen molar-refractivity contribution in [3.05, 3.63) is 41.7 Å². The molecule has 0 aliphatic heterocycles. The summed E-state index contributed by atoms with van der Waals surface area (Å²) in [6, 6.07) is 5.99. The Kier molecular flexibility index (Phi) is 4.11. The van der Waals surface area contributed by atoms with Crippen LogP contribution in [0, 0.1) is 6.92 Å². The van der Waals surface area contributed by atoms with E-state index in [1.807, 2.05) is 0 Å². The predicted molar refractivity (Wildman–Crippen MR) is 73.4 cm³/mol. The Morgan fingerprint density at radius 3 is 2.55 bits per heavy atom. The fourth-order valence-electron chi connectivity index (χ4n) is 1.95. The first-order chi connectivity index (χ1) is 10.2. The molecule has 0 bridgehead atoms. The number of alkyl halides is 3. The second-order valence-corrected chi connectivity index (χ2v) is 4.80. The van der Waals surface area contributed by atoms with Crippen molar-refractivity contribution in [2.75, 3.05) is 5.32 Å². The first kappa shape index (κ1) is 15.9. The topological polar surface area (TPSA) is 67.2 Å². The van der Waals surface area contributed by atoms with Crippen LogP contribution in [0.3, 0.4) is 0 Å². The van der Waals surface area contributed by atoms with Gasteiger partial charge in [-0.15, -0.1) is 0 Å². The fourth-order valence-corrected chi connectivity index (χ4v) is 1.95. The smallest absolute Gasteiger partial charge is 0.435 e. The molecule has 0 spiro atoms. The number of aromatic hydroxyl groups is 1. The van der Waals surface area contributed by atoms with Gasteiger partial charge in [0, 0.05) is 5.69 Å². The quantitative estimate of drug-likeness (QED) is 0.856. The van der Waals surface area contributed by atoms with Crippen LogP contribution in [0.15, 0.2) is 30.3 Å². The molecule has 1 atom stereocenters. The van der Waals surface area contributed by atoms with Crippen LogP contribution >= 0.6 is 0 Å². The molecule has 1 amide bonds. The SMILES string of the molecule is Cc1cc(C(F)(F)F)nn1C(C)C(=O)Nc1ccccc1O. The minimum absolute atomic E-state index is 0.129. The highest BCUT2D eigenvalue weighted by atomic mass is 19.4. The first-order valence-corrected chi connectivity index (χ1v) is 6.42. The van der Waals surface area contributed by atoms with Crippen molar-refractivity contribution in [1.82, 2.24) is 9.78 Å². The van der Waals surface area contributed by atoms with Crippen molar-refractivity contribution in [2.24, 2.45) is 0 Å². The number of phenolic OH excluding ortho intramolecular Hbond substituents is 1. The lowest BCUT2D eigenvalue weighted by Gasteiger charge is -2.15. The summed E-state index contributed by atoms with van der Waals surface area (Å²) in [7, 11) is 0. The maximum absolute atomic E-state index is 12.6. The van der Waals surface area contributed by atoms with Gasteiger partial charge >= 0.3 is 6.18 Å². The molecule has 0 aliphatic rings. The number of amides is 1. The second kappa shape index (κ2) is 5.70. The van der Waals surface area contributed by atoms with E-state index in [9.17, 15) is 23.1 Å². The molecule has 5 nitrogen and oxygen atoms in total. The van der Waals surface area contributed by atoms with Crippen molar-refractivity contribution >= 4 is 11.6 Å². The zero-order valence-corrected chi connectivity index (χ0v) is 11.8. The number of carbonyl (C=O) groups is 1. The summed E-state index contributed by atoms with van der Waals surface area (Å²) >= 11 is 0. The van der Waals surface area contributed by atoms with Crippen molar-refractivity contribution in [3.63, 3.8) is 0 Å². The lowest BCUT2D eigenvalue weighted by molar-refractivity contribution is -0.141. The highest BCUT2D eigenvalue weighted by Gasteiger charge is 2.35. The van der Waals surface area contributed by atoms with E-state index < -0.39 is 23.8 Å². The summed E-state index contributed by atoms with van der Waals surface area (Å²) < 4.78 is 38.9. The van der Waals surface area contributed by atoms with Gasteiger partial charge in [-0.05, 0) is 32.0 Å². The van der Waals surface area contributed by atoms with Crippen LogP contribution in [0.25, 0.3) is 0 Å². The number of halogens is 3. The van der Waals surface area contributed by atoms with Gasteiger partial charge in [0.2, 0.25) is 5.91 Å². The van der Waals surface area contributed by atoms with Crippen molar-refractivity contribution < 1.29 is 23.1 Å². The second-order valence-electron chi connectivity index (χ2n) is 4.80. The average molecular weight is 313 g/mol. The van der Waals surface area contributed by atoms with Crippen LogP contribution in [-0.4, -0.2) is 20.8 Å². The molecule has 0 fully saturated rings. The first-order valence-electron chi connectivity index (χ1n) is 6.42. The van der Waals surface area contributed by atoms with Crippen molar-refractivity contribution in [2.45, 2.75) is 26.1 Å². The van der Waals surface area contributed by atoms with Gasteiger partial charge in [-0.25, -0.2) is 0 Å². The van der Waals surface area contributed by atoms with E-state index >= 15 is 0 Å². The molecular formula is C14H14F3N3O2. The monoisotopic (exact) mass is 313 g/mol. The van der Waals surface area contributed by atoms with Crippen LogP contribution in [0.5, 0.6) is 5.75 Å². The van der Waals surface area contributed by atoms with Gasteiger partial charge in [-0.3, -0.25) is 9.48 Å². The lowest BCUT2D eigenvalue weighted by Crippen LogP contribution is -2.25. The Morgan fingerprint density at radius 2 is 2.00 bits per heavy atom. The number of benzene rings is 1. The molecule has 2 rings (SSSR count). The van der Waals surface area contributed by atoms with E-state index in [4.69, 9.17) is 0 Å². The molecule has 0 radical (unpaired) electrons. The largest absolute Gasteiger partial charge is 0.506 e. The molecule has 2 N–H and O–H groups in total. The number of hydrogen-bond donors (Lipinski definition) is 2. The van der Waals surface area contributed by atoms with Gasteiger partial charge in [-0.1, -0.05) is 12.1 Å². The van der Waals surface area contributed by atoms with E-state index in [1.165, 1.54) is 26.0 Å². The third-order valence-corrected chi connectivity index (χ3v) is 3.12. The molecule has 1 aromatic carbocycles.